The van der Waals surface area contributed by atoms with Crippen molar-refractivity contribution in [3.63, 3.8) is 0 Å². The summed E-state index contributed by atoms with van der Waals surface area (Å²) >= 11 is 6.34. The molecule has 3 aromatic heterocycles. The number of halogens is 2. The average molecular weight is 525 g/mol. The summed E-state index contributed by atoms with van der Waals surface area (Å²) in [7, 11) is 1.58. The maximum absolute atomic E-state index is 13.0. The number of carbonyl (C=O) groups excluding carboxylic acids is 1. The topological polar surface area (TPSA) is 128 Å². The Kier molecular flexibility index (Phi) is 8.55. The van der Waals surface area contributed by atoms with Crippen molar-refractivity contribution in [1.82, 2.24) is 20.1 Å². The molecule has 0 unspecified atom stereocenters. The van der Waals surface area contributed by atoms with Crippen LogP contribution in [-0.4, -0.2) is 38.5 Å². The number of hydrogen-bond acceptors (Lipinski definition) is 5. The van der Waals surface area contributed by atoms with E-state index in [0.29, 0.717) is 51.2 Å². The summed E-state index contributed by atoms with van der Waals surface area (Å²) in [4.78, 5) is 26.6. The highest BCUT2D eigenvalue weighted by Gasteiger charge is 2.20. The molecule has 3 heterocycles. The van der Waals surface area contributed by atoms with E-state index >= 15 is 0 Å². The van der Waals surface area contributed by atoms with E-state index in [4.69, 9.17) is 16.3 Å². The zero-order valence-corrected chi connectivity index (χ0v) is 20.6. The van der Waals surface area contributed by atoms with E-state index in [2.05, 4.69) is 25.4 Å². The fourth-order valence-corrected chi connectivity index (χ4v) is 3.72. The van der Waals surface area contributed by atoms with Crippen LogP contribution >= 0.6 is 11.6 Å². The van der Waals surface area contributed by atoms with E-state index in [-0.39, 0.29) is 23.8 Å². The van der Waals surface area contributed by atoms with Gasteiger partial charge in [-0.15, -0.1) is 9.78 Å². The van der Waals surface area contributed by atoms with Crippen molar-refractivity contribution < 1.29 is 32.1 Å². The lowest BCUT2D eigenvalue weighted by Crippen LogP contribution is -3.00. The van der Waals surface area contributed by atoms with E-state index in [1.54, 1.807) is 37.6 Å². The highest BCUT2D eigenvalue weighted by Crippen LogP contribution is 2.23. The Morgan fingerprint density at radius 2 is 1.81 bits per heavy atom. The molecule has 0 atom stereocenters. The molecular formula is C25H22Cl2N6O3. The highest BCUT2D eigenvalue weighted by atomic mass is 35.5. The first kappa shape index (κ1) is 26.6. The van der Waals surface area contributed by atoms with Gasteiger partial charge >= 0.3 is 0 Å². The average Bonchev–Trinajstić information content (AvgIpc) is 3.29. The molecule has 0 aliphatic heterocycles. The molecule has 184 valence electrons. The quantitative estimate of drug-likeness (QED) is 0.311. The molecule has 0 radical (unpaired) electrons. The molecule has 11 heteroatoms. The number of methoxy groups -OCH3 is 1. The van der Waals surface area contributed by atoms with Gasteiger partial charge in [-0.2, -0.15) is 0 Å². The molecule has 0 fully saturated rings. The third-order valence-electron chi connectivity index (χ3n) is 5.26. The van der Waals surface area contributed by atoms with Crippen LogP contribution in [0.4, 0.5) is 5.82 Å². The minimum atomic E-state index is -0.298. The van der Waals surface area contributed by atoms with Gasteiger partial charge in [0.1, 0.15) is 16.8 Å². The lowest BCUT2D eigenvalue weighted by molar-refractivity contribution is -0.740. The Balaban J connectivity index is 0.00000180. The monoisotopic (exact) mass is 524 g/mol. The summed E-state index contributed by atoms with van der Waals surface area (Å²) in [5, 5.41) is 7.51. The molecule has 5 aromatic rings. The number of benzene rings is 2. The first-order chi connectivity index (χ1) is 16.6. The van der Waals surface area contributed by atoms with Gasteiger partial charge in [-0.05, 0) is 42.5 Å². The van der Waals surface area contributed by atoms with Crippen LogP contribution < -0.4 is 27.1 Å². The van der Waals surface area contributed by atoms with Gasteiger partial charge in [0.15, 0.2) is 18.2 Å². The van der Waals surface area contributed by atoms with Crippen molar-refractivity contribution in [3.8, 4) is 17.3 Å². The smallest absolute Gasteiger partial charge is 0.256 e. The van der Waals surface area contributed by atoms with E-state index in [0.717, 1.165) is 5.56 Å². The second kappa shape index (κ2) is 11.6. The van der Waals surface area contributed by atoms with E-state index in [9.17, 15) is 4.79 Å². The first-order valence-corrected chi connectivity index (χ1v) is 10.9. The Labute approximate surface area is 217 Å². The number of anilines is 1. The maximum Gasteiger partial charge on any atom is 0.256 e. The van der Waals surface area contributed by atoms with Crippen molar-refractivity contribution >= 4 is 34.4 Å². The third kappa shape index (κ3) is 5.60. The zero-order valence-electron chi connectivity index (χ0n) is 19.1. The van der Waals surface area contributed by atoms with Crippen LogP contribution in [0.3, 0.4) is 0 Å². The molecule has 36 heavy (non-hydrogen) atoms. The number of hydrogen-bond donors (Lipinski definition) is 2. The van der Waals surface area contributed by atoms with Crippen LogP contribution in [0.1, 0.15) is 15.9 Å². The van der Waals surface area contributed by atoms with Crippen LogP contribution in [0.25, 0.3) is 22.6 Å². The molecule has 0 bridgehead atoms. The molecule has 2 aromatic carbocycles. The van der Waals surface area contributed by atoms with Crippen molar-refractivity contribution in [3.05, 3.63) is 95.3 Å². The summed E-state index contributed by atoms with van der Waals surface area (Å²) in [5.74, 6) is 1.14. The third-order valence-corrected chi connectivity index (χ3v) is 5.63. The number of ether oxygens (including phenoxy) is 1. The van der Waals surface area contributed by atoms with Gasteiger partial charge in [-0.3, -0.25) is 9.78 Å². The molecule has 4 N–H and O–H groups in total. The van der Waals surface area contributed by atoms with Gasteiger partial charge in [0, 0.05) is 17.3 Å². The number of aromatic nitrogens is 5. The van der Waals surface area contributed by atoms with E-state index in [1.165, 1.54) is 0 Å². The van der Waals surface area contributed by atoms with E-state index < -0.39 is 0 Å². The van der Waals surface area contributed by atoms with Crippen molar-refractivity contribution in [2.24, 2.45) is 0 Å². The molecular weight excluding hydrogens is 503 g/mol. The predicted octanol–water partition coefficient (Wildman–Crippen LogP) is 0.449. The number of fused-ring (bicyclic) bond motifs is 1. The lowest BCUT2D eigenvalue weighted by atomic mass is 10.2. The molecule has 5 rings (SSSR count). The minimum absolute atomic E-state index is 0. The Bertz CT molecular complexity index is 1480. The van der Waals surface area contributed by atoms with Gasteiger partial charge in [0.05, 0.1) is 12.1 Å². The Morgan fingerprint density at radius 1 is 1.06 bits per heavy atom. The van der Waals surface area contributed by atoms with Gasteiger partial charge in [0.2, 0.25) is 11.8 Å². The normalized spacial score (nSPS) is 10.3. The lowest BCUT2D eigenvalue weighted by Gasteiger charge is -2.07. The molecule has 1 amide bonds. The number of rotatable bonds is 6. The molecule has 9 nitrogen and oxygen atoms in total. The fourth-order valence-electron chi connectivity index (χ4n) is 3.52. The second-order valence-electron chi connectivity index (χ2n) is 7.52. The van der Waals surface area contributed by atoms with Crippen molar-refractivity contribution in [1.29, 1.82) is 0 Å². The van der Waals surface area contributed by atoms with Gasteiger partial charge in [0.25, 0.3) is 5.91 Å². The Hall–Kier alpha value is -4.05. The molecule has 0 saturated heterocycles. The maximum atomic E-state index is 13.0. The predicted molar refractivity (Wildman–Crippen MR) is 132 cm³/mol. The Morgan fingerprint density at radius 3 is 2.50 bits per heavy atom. The minimum Gasteiger partial charge on any atom is -1.00 e. The highest BCUT2D eigenvalue weighted by molar-refractivity contribution is 6.31. The number of nitrogens with one attached hydrogen (secondary N) is 2. The van der Waals surface area contributed by atoms with Crippen LogP contribution in [0, 0.1) is 0 Å². The molecule has 0 aliphatic rings. The van der Waals surface area contributed by atoms with Crippen LogP contribution in [0.5, 0.6) is 5.75 Å². The molecule has 0 saturated carbocycles. The SMILES string of the molecule is COc1ccc(C(=O)Nc2nc(-c3ccccn3)nc3[nH][n+](Cc4ccccc4Cl)cc23)cc1.O.[Cl-]. The van der Waals surface area contributed by atoms with Gasteiger partial charge < -0.3 is 27.9 Å². The van der Waals surface area contributed by atoms with Gasteiger partial charge in [-0.1, -0.05) is 35.9 Å². The largest absolute Gasteiger partial charge is 1.00 e. The van der Waals surface area contributed by atoms with Gasteiger partial charge in [-0.25, -0.2) is 9.97 Å². The van der Waals surface area contributed by atoms with Crippen molar-refractivity contribution in [2.45, 2.75) is 6.54 Å². The van der Waals surface area contributed by atoms with Crippen LogP contribution in [0.15, 0.2) is 79.1 Å². The zero-order chi connectivity index (χ0) is 23.5. The summed E-state index contributed by atoms with van der Waals surface area (Å²) in [6.07, 6.45) is 3.52. The second-order valence-corrected chi connectivity index (χ2v) is 7.92. The summed E-state index contributed by atoms with van der Waals surface area (Å²) in [6.45, 7) is 0.501. The number of H-pyrrole nitrogens is 1. The standard InChI is InChI=1S/C25H19ClN6O2.ClH.H2O/c1-34-18-11-9-16(10-12-18)25(33)30-22-19-15-32(14-17-6-2-3-7-20(17)26)31-23(19)29-24(28-22)21-8-4-5-13-27-21;;/h2-13,15H,14H2,1H3,(H,28,29,30,31,33);1H;1H2. The number of pyridine rings is 1. The summed E-state index contributed by atoms with van der Waals surface area (Å²) in [6, 6.07) is 20.0. The first-order valence-electron chi connectivity index (χ1n) is 10.5. The van der Waals surface area contributed by atoms with Crippen molar-refractivity contribution in [2.75, 3.05) is 12.4 Å². The summed E-state index contributed by atoms with van der Waals surface area (Å²) in [5.41, 5.74) is 2.58. The van der Waals surface area contributed by atoms with E-state index in [1.807, 2.05) is 53.3 Å². The summed E-state index contributed by atoms with van der Waals surface area (Å²) < 4.78 is 7.03. The number of amides is 1. The number of aromatic amines is 1. The molecule has 0 spiro atoms. The van der Waals surface area contributed by atoms with Crippen LogP contribution in [0.2, 0.25) is 5.02 Å². The number of nitrogens with zero attached hydrogens (tertiary/aromatic N) is 4. The van der Waals surface area contributed by atoms with Crippen LogP contribution in [-0.2, 0) is 6.54 Å². The fraction of sp³-hybridized carbons (Fsp3) is 0.0800. The number of carbonyl (C=O) groups is 1. The molecule has 0 aliphatic carbocycles.